The first-order chi connectivity index (χ1) is 10.1. The Morgan fingerprint density at radius 2 is 1.95 bits per heavy atom. The summed E-state index contributed by atoms with van der Waals surface area (Å²) >= 11 is 0. The van der Waals surface area contributed by atoms with Crippen LogP contribution in [0.5, 0.6) is 0 Å². The van der Waals surface area contributed by atoms with Gasteiger partial charge in [0.25, 0.3) is 0 Å². The summed E-state index contributed by atoms with van der Waals surface area (Å²) in [5.74, 6) is 0.849. The maximum absolute atomic E-state index is 11.9. The lowest BCUT2D eigenvalue weighted by molar-refractivity contribution is 0.369. The molecule has 1 atom stereocenters. The van der Waals surface area contributed by atoms with E-state index < -0.39 is 16.1 Å². The fourth-order valence-corrected chi connectivity index (χ4v) is 2.65. The van der Waals surface area contributed by atoms with Gasteiger partial charge in [0.15, 0.2) is 5.82 Å². The number of rotatable bonds is 7. The zero-order valence-electron chi connectivity index (χ0n) is 12.1. The summed E-state index contributed by atoms with van der Waals surface area (Å²) in [6.45, 7) is 3.60. The molecule has 0 saturated heterocycles. The predicted octanol–water partition coefficient (Wildman–Crippen LogP) is 2.05. The van der Waals surface area contributed by atoms with Gasteiger partial charge in [-0.15, -0.1) is 0 Å². The zero-order valence-corrected chi connectivity index (χ0v) is 12.9. The van der Waals surface area contributed by atoms with Crippen LogP contribution in [0.25, 0.3) is 0 Å². The second-order valence-electron chi connectivity index (χ2n) is 4.66. The Morgan fingerprint density at radius 1 is 1.24 bits per heavy atom. The predicted molar refractivity (Wildman–Crippen MR) is 79.2 cm³/mol. The summed E-state index contributed by atoms with van der Waals surface area (Å²) in [4.78, 5) is 4.29. The molecule has 0 bridgehead atoms. The summed E-state index contributed by atoms with van der Waals surface area (Å²) in [6, 6.07) is 8.58. The van der Waals surface area contributed by atoms with Gasteiger partial charge in [0.2, 0.25) is 15.9 Å². The highest BCUT2D eigenvalue weighted by molar-refractivity contribution is 7.89. The zero-order chi connectivity index (χ0) is 15.3. The number of nitrogens with zero attached hydrogens (tertiary/aromatic N) is 2. The minimum atomic E-state index is -3.39. The number of aromatic nitrogens is 2. The van der Waals surface area contributed by atoms with E-state index >= 15 is 0 Å². The van der Waals surface area contributed by atoms with Crippen LogP contribution < -0.4 is 4.72 Å². The lowest BCUT2D eigenvalue weighted by Gasteiger charge is -2.15. The van der Waals surface area contributed by atoms with E-state index in [-0.39, 0.29) is 5.75 Å². The van der Waals surface area contributed by atoms with Crippen LogP contribution >= 0.6 is 0 Å². The first kappa shape index (κ1) is 15.7. The van der Waals surface area contributed by atoms with Crippen LogP contribution in [-0.4, -0.2) is 24.3 Å². The molecule has 0 aliphatic heterocycles. The molecule has 114 valence electrons. The Bertz CT molecular complexity index is 668. The van der Waals surface area contributed by atoms with Gasteiger partial charge in [-0.05, 0) is 18.9 Å². The van der Waals surface area contributed by atoms with Crippen LogP contribution in [0.3, 0.4) is 0 Å². The molecule has 0 saturated carbocycles. The summed E-state index contributed by atoms with van der Waals surface area (Å²) in [7, 11) is -3.39. The van der Waals surface area contributed by atoms with E-state index in [2.05, 4.69) is 14.9 Å². The number of benzene rings is 1. The second kappa shape index (κ2) is 6.82. The van der Waals surface area contributed by atoms with Crippen molar-refractivity contribution in [2.24, 2.45) is 0 Å². The Kier molecular flexibility index (Phi) is 5.08. The van der Waals surface area contributed by atoms with Crippen molar-refractivity contribution >= 4 is 10.0 Å². The molecule has 0 aliphatic carbocycles. The third-order valence-corrected chi connectivity index (χ3v) is 4.37. The van der Waals surface area contributed by atoms with E-state index in [4.69, 9.17) is 4.52 Å². The molecular formula is C14H19N3O3S. The van der Waals surface area contributed by atoms with Gasteiger partial charge < -0.3 is 4.52 Å². The molecule has 0 radical (unpaired) electrons. The lowest BCUT2D eigenvalue weighted by Crippen LogP contribution is -2.31. The third-order valence-electron chi connectivity index (χ3n) is 3.02. The van der Waals surface area contributed by atoms with Gasteiger partial charge >= 0.3 is 0 Å². The van der Waals surface area contributed by atoms with E-state index in [9.17, 15) is 8.42 Å². The molecule has 2 aromatic rings. The molecule has 7 heteroatoms. The van der Waals surface area contributed by atoms with Crippen molar-refractivity contribution in [3.63, 3.8) is 0 Å². The quantitative estimate of drug-likeness (QED) is 0.846. The Balaban J connectivity index is 2.35. The number of hydrogen-bond donors (Lipinski definition) is 1. The van der Waals surface area contributed by atoms with Gasteiger partial charge in [-0.3, -0.25) is 0 Å². The Labute approximate surface area is 124 Å². The van der Waals surface area contributed by atoms with Crippen molar-refractivity contribution in [3.8, 4) is 0 Å². The molecule has 21 heavy (non-hydrogen) atoms. The monoisotopic (exact) mass is 309 g/mol. The molecular weight excluding hydrogens is 290 g/mol. The van der Waals surface area contributed by atoms with Gasteiger partial charge in [-0.1, -0.05) is 42.4 Å². The maximum atomic E-state index is 11.9. The van der Waals surface area contributed by atoms with E-state index in [1.807, 2.05) is 37.3 Å². The number of hydrogen-bond acceptors (Lipinski definition) is 5. The molecule has 1 heterocycles. The average molecular weight is 309 g/mol. The molecule has 0 aliphatic rings. The molecule has 1 aromatic carbocycles. The van der Waals surface area contributed by atoms with E-state index in [0.717, 1.165) is 12.0 Å². The second-order valence-corrected chi connectivity index (χ2v) is 6.70. The largest absolute Gasteiger partial charge is 0.339 e. The highest BCUT2D eigenvalue weighted by Crippen LogP contribution is 2.20. The number of aryl methyl sites for hydroxylation is 1. The molecule has 6 nitrogen and oxygen atoms in total. The Morgan fingerprint density at radius 3 is 2.57 bits per heavy atom. The fourth-order valence-electron chi connectivity index (χ4n) is 1.88. The minimum Gasteiger partial charge on any atom is -0.339 e. The van der Waals surface area contributed by atoms with Crippen molar-refractivity contribution in [1.29, 1.82) is 0 Å². The molecule has 1 unspecified atom stereocenters. The Hall–Kier alpha value is -1.73. The smallest absolute Gasteiger partial charge is 0.226 e. The molecule has 1 N–H and O–H groups in total. The van der Waals surface area contributed by atoms with Crippen LogP contribution in [0, 0.1) is 0 Å². The van der Waals surface area contributed by atoms with E-state index in [1.165, 1.54) is 0 Å². The van der Waals surface area contributed by atoms with E-state index in [1.54, 1.807) is 6.92 Å². The first-order valence-electron chi connectivity index (χ1n) is 6.93. The van der Waals surface area contributed by atoms with Crippen molar-refractivity contribution < 1.29 is 12.9 Å². The van der Waals surface area contributed by atoms with Crippen molar-refractivity contribution in [1.82, 2.24) is 14.9 Å². The summed E-state index contributed by atoms with van der Waals surface area (Å²) in [5, 5.41) is 3.92. The molecule has 2 rings (SSSR count). The van der Waals surface area contributed by atoms with Crippen molar-refractivity contribution in [3.05, 3.63) is 47.6 Å². The van der Waals surface area contributed by atoms with Crippen molar-refractivity contribution in [2.45, 2.75) is 32.7 Å². The molecule has 0 spiro atoms. The van der Waals surface area contributed by atoms with Crippen LogP contribution in [0.2, 0.25) is 0 Å². The van der Waals surface area contributed by atoms with Gasteiger partial charge in [0, 0.05) is 6.42 Å². The van der Waals surface area contributed by atoms with Gasteiger partial charge in [-0.2, -0.15) is 9.71 Å². The van der Waals surface area contributed by atoms with Crippen LogP contribution in [0.15, 0.2) is 34.9 Å². The summed E-state index contributed by atoms with van der Waals surface area (Å²) in [5.41, 5.74) is 0.776. The van der Waals surface area contributed by atoms with Crippen LogP contribution in [0.1, 0.15) is 43.6 Å². The van der Waals surface area contributed by atoms with Gasteiger partial charge in [0.05, 0.1) is 5.75 Å². The van der Waals surface area contributed by atoms with Crippen LogP contribution in [-0.2, 0) is 16.4 Å². The first-order valence-corrected chi connectivity index (χ1v) is 8.58. The molecule has 1 aromatic heterocycles. The maximum Gasteiger partial charge on any atom is 0.226 e. The summed E-state index contributed by atoms with van der Waals surface area (Å²) < 4.78 is 31.6. The third kappa shape index (κ3) is 4.12. The van der Waals surface area contributed by atoms with Gasteiger partial charge in [-0.25, -0.2) is 8.42 Å². The molecule has 0 amide bonds. The normalized spacial score (nSPS) is 13.2. The molecule has 0 fully saturated rings. The van der Waals surface area contributed by atoms with E-state index in [0.29, 0.717) is 18.1 Å². The SMILES string of the molecule is CCCc1nc(C(NS(=O)(=O)CC)c2ccccc2)no1. The summed E-state index contributed by atoms with van der Waals surface area (Å²) in [6.07, 6.45) is 1.56. The standard InChI is InChI=1S/C14H19N3O3S/c1-3-8-12-15-14(16-20-12)13(17-21(18,19)4-2)11-9-6-5-7-10-11/h5-7,9-10,13,17H,3-4,8H2,1-2H3. The average Bonchev–Trinajstić information content (AvgIpc) is 2.95. The van der Waals surface area contributed by atoms with Gasteiger partial charge in [0.1, 0.15) is 6.04 Å². The minimum absolute atomic E-state index is 0.00397. The topological polar surface area (TPSA) is 85.1 Å². The number of nitrogens with one attached hydrogen (secondary N) is 1. The highest BCUT2D eigenvalue weighted by atomic mass is 32.2. The van der Waals surface area contributed by atoms with Crippen LogP contribution in [0.4, 0.5) is 0 Å². The lowest BCUT2D eigenvalue weighted by atomic mass is 10.1. The number of sulfonamides is 1. The fraction of sp³-hybridized carbons (Fsp3) is 0.429. The highest BCUT2D eigenvalue weighted by Gasteiger charge is 2.24. The van der Waals surface area contributed by atoms with Crippen molar-refractivity contribution in [2.75, 3.05) is 5.75 Å².